The molecule has 0 saturated heterocycles. The molecule has 1 aromatic carbocycles. The number of ether oxygens (including phenoxy) is 2. The highest BCUT2D eigenvalue weighted by Gasteiger charge is 2.23. The van der Waals surface area contributed by atoms with Crippen LogP contribution in [0.4, 0.5) is 0 Å². The minimum atomic E-state index is -0.255. The number of aryl methyl sites for hydroxylation is 1. The fraction of sp³-hybridized carbons (Fsp3) is 0.636. The normalized spacial score (nSPS) is 15.1. The second kappa shape index (κ2) is 9.28. The molecule has 1 aromatic rings. The van der Waals surface area contributed by atoms with Crippen LogP contribution in [-0.4, -0.2) is 36.7 Å². The summed E-state index contributed by atoms with van der Waals surface area (Å²) in [5.41, 5.74) is 2.22. The molecular formula is C22H35NO2. The molecule has 0 saturated carbocycles. The van der Waals surface area contributed by atoms with Crippen molar-refractivity contribution in [1.29, 1.82) is 0 Å². The standard InChI is InChI=1S/C22H35NO2/c1-6-9-10-11-18-16-19-12-13-22(4,5)25-21(19)17-20(18)24-15-14-23(7-2)8-3/h12-13,16-17H,6-11,14-15H2,1-5H3. The smallest absolute Gasteiger partial charge is 0.131 e. The van der Waals surface area contributed by atoms with Gasteiger partial charge in [0.25, 0.3) is 0 Å². The third kappa shape index (κ3) is 5.78. The third-order valence-electron chi connectivity index (χ3n) is 4.84. The molecule has 0 amide bonds. The molecule has 0 aromatic heterocycles. The van der Waals surface area contributed by atoms with E-state index in [-0.39, 0.29) is 5.60 Å². The molecule has 3 heteroatoms. The summed E-state index contributed by atoms with van der Waals surface area (Å²) in [6, 6.07) is 4.35. The number of likely N-dealkylation sites (N-methyl/N-ethyl adjacent to an activating group) is 1. The number of nitrogens with zero attached hydrogens (tertiary/aromatic N) is 1. The summed E-state index contributed by atoms with van der Waals surface area (Å²) < 4.78 is 12.3. The van der Waals surface area contributed by atoms with E-state index in [1.165, 1.54) is 30.4 Å². The number of hydrogen-bond donors (Lipinski definition) is 0. The van der Waals surface area contributed by atoms with E-state index in [0.29, 0.717) is 0 Å². The Morgan fingerprint density at radius 1 is 1.08 bits per heavy atom. The second-order valence-electron chi connectivity index (χ2n) is 7.37. The summed E-state index contributed by atoms with van der Waals surface area (Å²) in [7, 11) is 0. The molecule has 25 heavy (non-hydrogen) atoms. The van der Waals surface area contributed by atoms with Gasteiger partial charge in [-0.3, -0.25) is 0 Å². The Morgan fingerprint density at radius 2 is 1.84 bits per heavy atom. The zero-order chi connectivity index (χ0) is 18.3. The quantitative estimate of drug-likeness (QED) is 0.535. The maximum Gasteiger partial charge on any atom is 0.131 e. The van der Waals surface area contributed by atoms with Crippen LogP contribution in [-0.2, 0) is 6.42 Å². The molecule has 0 spiro atoms. The predicted molar refractivity (Wildman–Crippen MR) is 107 cm³/mol. The van der Waals surface area contributed by atoms with E-state index in [2.05, 4.69) is 63.8 Å². The minimum absolute atomic E-state index is 0.255. The van der Waals surface area contributed by atoms with Gasteiger partial charge in [-0.15, -0.1) is 0 Å². The van der Waals surface area contributed by atoms with Crippen molar-refractivity contribution in [3.63, 3.8) is 0 Å². The number of rotatable bonds is 10. The van der Waals surface area contributed by atoms with E-state index >= 15 is 0 Å². The van der Waals surface area contributed by atoms with Crippen LogP contribution in [0.1, 0.15) is 65.0 Å². The summed E-state index contributed by atoms with van der Waals surface area (Å²) in [5, 5.41) is 0. The van der Waals surface area contributed by atoms with Gasteiger partial charge < -0.3 is 14.4 Å². The first-order valence-electron chi connectivity index (χ1n) is 9.89. The molecule has 2 rings (SSSR count). The monoisotopic (exact) mass is 345 g/mol. The lowest BCUT2D eigenvalue weighted by Gasteiger charge is -2.29. The van der Waals surface area contributed by atoms with Crippen molar-refractivity contribution in [3.8, 4) is 11.5 Å². The lowest BCUT2D eigenvalue weighted by atomic mass is 9.98. The Kier molecular flexibility index (Phi) is 7.37. The highest BCUT2D eigenvalue weighted by atomic mass is 16.5. The molecule has 0 fully saturated rings. The van der Waals surface area contributed by atoms with Gasteiger partial charge in [-0.1, -0.05) is 39.7 Å². The Labute approximate surface area is 154 Å². The largest absolute Gasteiger partial charge is 0.492 e. The van der Waals surface area contributed by atoms with Gasteiger partial charge in [-0.2, -0.15) is 0 Å². The summed E-state index contributed by atoms with van der Waals surface area (Å²) >= 11 is 0. The third-order valence-corrected chi connectivity index (χ3v) is 4.84. The number of unbranched alkanes of at least 4 members (excludes halogenated alkanes) is 2. The van der Waals surface area contributed by atoms with Crippen molar-refractivity contribution in [2.45, 2.75) is 65.9 Å². The Balaban J connectivity index is 2.15. The lowest BCUT2D eigenvalue weighted by Crippen LogP contribution is -2.28. The van der Waals surface area contributed by atoms with Crippen molar-refractivity contribution in [2.24, 2.45) is 0 Å². The van der Waals surface area contributed by atoms with Crippen molar-refractivity contribution in [1.82, 2.24) is 4.90 Å². The molecule has 3 nitrogen and oxygen atoms in total. The fourth-order valence-corrected chi connectivity index (χ4v) is 3.17. The predicted octanol–water partition coefficient (Wildman–Crippen LogP) is 5.32. The van der Waals surface area contributed by atoms with Gasteiger partial charge in [-0.05, 0) is 57.5 Å². The molecule has 1 heterocycles. The van der Waals surface area contributed by atoms with Crippen molar-refractivity contribution in [2.75, 3.05) is 26.2 Å². The van der Waals surface area contributed by atoms with Crippen LogP contribution in [0.3, 0.4) is 0 Å². The van der Waals surface area contributed by atoms with E-state index in [1.807, 2.05) is 0 Å². The Bertz CT molecular complexity index is 574. The first-order chi connectivity index (χ1) is 12.0. The van der Waals surface area contributed by atoms with Gasteiger partial charge in [-0.25, -0.2) is 0 Å². The van der Waals surface area contributed by atoms with E-state index in [0.717, 1.165) is 44.2 Å². The van der Waals surface area contributed by atoms with Gasteiger partial charge in [0, 0.05) is 18.2 Å². The number of benzene rings is 1. The van der Waals surface area contributed by atoms with Crippen LogP contribution >= 0.6 is 0 Å². The molecule has 1 aliphatic heterocycles. The average molecular weight is 346 g/mol. The number of fused-ring (bicyclic) bond motifs is 1. The summed E-state index contributed by atoms with van der Waals surface area (Å²) in [6.07, 6.45) is 9.08. The molecule has 0 atom stereocenters. The lowest BCUT2D eigenvalue weighted by molar-refractivity contribution is 0.157. The highest BCUT2D eigenvalue weighted by Crippen LogP contribution is 2.36. The second-order valence-corrected chi connectivity index (χ2v) is 7.37. The van der Waals surface area contributed by atoms with Crippen molar-refractivity contribution < 1.29 is 9.47 Å². The van der Waals surface area contributed by atoms with Gasteiger partial charge in [0.2, 0.25) is 0 Å². The van der Waals surface area contributed by atoms with Crippen LogP contribution in [0, 0.1) is 0 Å². The highest BCUT2D eigenvalue weighted by molar-refractivity contribution is 5.64. The Morgan fingerprint density at radius 3 is 2.52 bits per heavy atom. The topological polar surface area (TPSA) is 21.7 Å². The van der Waals surface area contributed by atoms with Crippen molar-refractivity contribution in [3.05, 3.63) is 29.3 Å². The molecule has 140 valence electrons. The molecule has 0 unspecified atom stereocenters. The molecule has 0 aliphatic carbocycles. The van der Waals surface area contributed by atoms with Crippen LogP contribution < -0.4 is 9.47 Å². The van der Waals surface area contributed by atoms with Gasteiger partial charge >= 0.3 is 0 Å². The van der Waals surface area contributed by atoms with Gasteiger partial charge in [0.15, 0.2) is 0 Å². The molecule has 0 bridgehead atoms. The molecule has 0 N–H and O–H groups in total. The van der Waals surface area contributed by atoms with E-state index in [9.17, 15) is 0 Å². The van der Waals surface area contributed by atoms with E-state index in [1.54, 1.807) is 0 Å². The Hall–Kier alpha value is -1.48. The van der Waals surface area contributed by atoms with E-state index < -0.39 is 0 Å². The molecule has 0 radical (unpaired) electrons. The summed E-state index contributed by atoms with van der Waals surface area (Å²) in [6.45, 7) is 14.6. The van der Waals surface area contributed by atoms with Crippen molar-refractivity contribution >= 4 is 6.08 Å². The minimum Gasteiger partial charge on any atom is -0.492 e. The summed E-state index contributed by atoms with van der Waals surface area (Å²) in [4.78, 5) is 2.39. The number of hydrogen-bond acceptors (Lipinski definition) is 3. The molecular weight excluding hydrogens is 310 g/mol. The van der Waals surface area contributed by atoms with Gasteiger partial charge in [0.1, 0.15) is 23.7 Å². The first-order valence-corrected chi connectivity index (χ1v) is 9.89. The summed E-state index contributed by atoms with van der Waals surface area (Å²) in [5.74, 6) is 1.93. The van der Waals surface area contributed by atoms with Gasteiger partial charge in [0.05, 0.1) is 0 Å². The fourth-order valence-electron chi connectivity index (χ4n) is 3.17. The molecule has 1 aliphatic rings. The SMILES string of the molecule is CCCCCc1cc2c(cc1OCCN(CC)CC)OC(C)(C)C=C2. The van der Waals surface area contributed by atoms with E-state index in [4.69, 9.17) is 9.47 Å². The first kappa shape index (κ1) is 19.8. The van der Waals surface area contributed by atoms with Crippen LogP contribution in [0.25, 0.3) is 6.08 Å². The van der Waals surface area contributed by atoms with Crippen LogP contribution in [0.15, 0.2) is 18.2 Å². The van der Waals surface area contributed by atoms with Crippen LogP contribution in [0.5, 0.6) is 11.5 Å². The zero-order valence-corrected chi connectivity index (χ0v) is 16.7. The van der Waals surface area contributed by atoms with Crippen LogP contribution in [0.2, 0.25) is 0 Å². The maximum atomic E-state index is 6.19. The zero-order valence-electron chi connectivity index (χ0n) is 16.7. The average Bonchev–Trinajstić information content (AvgIpc) is 2.58. The maximum absolute atomic E-state index is 6.19.